The van der Waals surface area contributed by atoms with Crippen LogP contribution in [0.3, 0.4) is 0 Å². The Balaban J connectivity index is 2.70. The molecule has 0 heterocycles. The Labute approximate surface area is 103 Å². The van der Waals surface area contributed by atoms with E-state index in [1.165, 1.54) is 0 Å². The summed E-state index contributed by atoms with van der Waals surface area (Å²) in [6.07, 6.45) is 0. The first-order valence-electron chi connectivity index (χ1n) is 5.65. The number of benzene rings is 1. The van der Waals surface area contributed by atoms with E-state index in [2.05, 4.69) is 12.2 Å². The van der Waals surface area contributed by atoms with Gasteiger partial charge in [-0.05, 0) is 13.0 Å². The molecule has 17 heavy (non-hydrogen) atoms. The number of rotatable bonds is 7. The monoisotopic (exact) mass is 239 g/mol. The van der Waals surface area contributed by atoms with Crippen LogP contribution in [0.2, 0.25) is 0 Å². The quantitative estimate of drug-likeness (QED) is 0.788. The summed E-state index contributed by atoms with van der Waals surface area (Å²) >= 11 is 0. The zero-order valence-electron chi connectivity index (χ0n) is 10.9. The van der Waals surface area contributed by atoms with Gasteiger partial charge in [-0.15, -0.1) is 0 Å². The topological polar surface area (TPSA) is 39.7 Å². The molecule has 96 valence electrons. The number of ether oxygens (including phenoxy) is 3. The Morgan fingerprint density at radius 2 is 1.94 bits per heavy atom. The van der Waals surface area contributed by atoms with Crippen molar-refractivity contribution < 1.29 is 14.2 Å². The second-order valence-corrected chi connectivity index (χ2v) is 3.89. The largest absolute Gasteiger partial charge is 0.493 e. The maximum absolute atomic E-state index is 5.36. The molecule has 0 spiro atoms. The maximum atomic E-state index is 5.36. The molecule has 4 nitrogen and oxygen atoms in total. The minimum Gasteiger partial charge on any atom is -0.493 e. The van der Waals surface area contributed by atoms with Gasteiger partial charge in [-0.25, -0.2) is 0 Å². The van der Waals surface area contributed by atoms with Crippen molar-refractivity contribution >= 4 is 0 Å². The van der Waals surface area contributed by atoms with Crippen LogP contribution in [0.15, 0.2) is 18.2 Å². The number of methoxy groups -OCH3 is 3. The second-order valence-electron chi connectivity index (χ2n) is 3.89. The Bertz CT molecular complexity index is 341. The highest BCUT2D eigenvalue weighted by Gasteiger charge is 2.10. The zero-order chi connectivity index (χ0) is 12.7. The van der Waals surface area contributed by atoms with Gasteiger partial charge in [0, 0.05) is 25.3 Å². The first kappa shape index (κ1) is 13.8. The van der Waals surface area contributed by atoms with Gasteiger partial charge in [0.1, 0.15) is 0 Å². The van der Waals surface area contributed by atoms with Crippen molar-refractivity contribution in [2.75, 3.05) is 27.9 Å². The molecule has 1 N–H and O–H groups in total. The average Bonchev–Trinajstić information content (AvgIpc) is 2.36. The molecule has 1 rings (SSSR count). The predicted octanol–water partition coefficient (Wildman–Crippen LogP) is 1.83. The lowest BCUT2D eigenvalue weighted by Gasteiger charge is -2.16. The van der Waals surface area contributed by atoms with Crippen molar-refractivity contribution in [2.24, 2.45) is 0 Å². The molecular weight excluding hydrogens is 218 g/mol. The van der Waals surface area contributed by atoms with Crippen LogP contribution in [0.4, 0.5) is 0 Å². The van der Waals surface area contributed by atoms with Crippen LogP contribution in [0, 0.1) is 0 Å². The van der Waals surface area contributed by atoms with Gasteiger partial charge in [0.2, 0.25) is 0 Å². The maximum Gasteiger partial charge on any atom is 0.165 e. The predicted molar refractivity (Wildman–Crippen MR) is 67.7 cm³/mol. The lowest BCUT2D eigenvalue weighted by atomic mass is 10.1. The Kier molecular flexibility index (Phi) is 5.80. The highest BCUT2D eigenvalue weighted by molar-refractivity contribution is 5.46. The van der Waals surface area contributed by atoms with Crippen molar-refractivity contribution in [3.63, 3.8) is 0 Å². The van der Waals surface area contributed by atoms with Gasteiger partial charge in [-0.2, -0.15) is 0 Å². The molecule has 0 aromatic heterocycles. The van der Waals surface area contributed by atoms with Crippen molar-refractivity contribution in [2.45, 2.75) is 19.5 Å². The minimum atomic E-state index is 0.302. The van der Waals surface area contributed by atoms with Crippen LogP contribution >= 0.6 is 0 Å². The molecule has 0 fully saturated rings. The molecule has 0 radical (unpaired) electrons. The lowest BCUT2D eigenvalue weighted by Crippen LogP contribution is -2.29. The zero-order valence-corrected chi connectivity index (χ0v) is 10.9. The Morgan fingerprint density at radius 3 is 2.53 bits per heavy atom. The standard InChI is InChI=1S/C13H21NO3/c1-10(9-15-2)14-8-11-6-5-7-12(16-3)13(11)17-4/h5-7,10,14H,8-9H2,1-4H3/t10-/m1/s1. The molecular formula is C13H21NO3. The van der Waals surface area contributed by atoms with Crippen LogP contribution < -0.4 is 14.8 Å². The van der Waals surface area contributed by atoms with Crippen molar-refractivity contribution in [3.05, 3.63) is 23.8 Å². The molecule has 1 aromatic rings. The minimum absolute atomic E-state index is 0.302. The molecule has 1 aromatic carbocycles. The average molecular weight is 239 g/mol. The van der Waals surface area contributed by atoms with Gasteiger partial charge >= 0.3 is 0 Å². The van der Waals surface area contributed by atoms with Gasteiger partial charge < -0.3 is 19.5 Å². The van der Waals surface area contributed by atoms with E-state index in [0.717, 1.165) is 23.6 Å². The second kappa shape index (κ2) is 7.14. The van der Waals surface area contributed by atoms with Crippen LogP contribution in [0.5, 0.6) is 11.5 Å². The Morgan fingerprint density at radius 1 is 1.18 bits per heavy atom. The Hall–Kier alpha value is -1.26. The van der Waals surface area contributed by atoms with Crippen LogP contribution in [-0.2, 0) is 11.3 Å². The molecule has 0 aliphatic rings. The summed E-state index contributed by atoms with van der Waals surface area (Å²) in [7, 11) is 4.99. The van der Waals surface area contributed by atoms with E-state index in [9.17, 15) is 0 Å². The van der Waals surface area contributed by atoms with Gasteiger partial charge in [-0.1, -0.05) is 12.1 Å². The summed E-state index contributed by atoms with van der Waals surface area (Å²) < 4.78 is 15.7. The van der Waals surface area contributed by atoms with E-state index < -0.39 is 0 Å². The first-order chi connectivity index (χ1) is 8.22. The first-order valence-corrected chi connectivity index (χ1v) is 5.65. The molecule has 1 atom stereocenters. The van der Waals surface area contributed by atoms with E-state index in [0.29, 0.717) is 12.6 Å². The normalized spacial score (nSPS) is 12.2. The van der Waals surface area contributed by atoms with Gasteiger partial charge in [0.05, 0.1) is 20.8 Å². The fourth-order valence-corrected chi connectivity index (χ4v) is 1.69. The van der Waals surface area contributed by atoms with Gasteiger partial charge in [-0.3, -0.25) is 0 Å². The molecule has 0 unspecified atom stereocenters. The van der Waals surface area contributed by atoms with Gasteiger partial charge in [0.25, 0.3) is 0 Å². The highest BCUT2D eigenvalue weighted by Crippen LogP contribution is 2.30. The number of hydrogen-bond acceptors (Lipinski definition) is 4. The number of para-hydroxylation sites is 1. The third-order valence-electron chi connectivity index (χ3n) is 2.54. The van der Waals surface area contributed by atoms with E-state index >= 15 is 0 Å². The van der Waals surface area contributed by atoms with Crippen LogP contribution in [0.1, 0.15) is 12.5 Å². The third kappa shape index (κ3) is 3.91. The summed E-state index contributed by atoms with van der Waals surface area (Å²) in [6, 6.07) is 6.17. The molecule has 0 saturated heterocycles. The van der Waals surface area contributed by atoms with E-state index in [1.807, 2.05) is 18.2 Å². The van der Waals surface area contributed by atoms with Crippen LogP contribution in [0.25, 0.3) is 0 Å². The molecule has 0 bridgehead atoms. The van der Waals surface area contributed by atoms with Crippen molar-refractivity contribution in [3.8, 4) is 11.5 Å². The molecule has 0 amide bonds. The highest BCUT2D eigenvalue weighted by atomic mass is 16.5. The molecule has 4 heteroatoms. The molecule has 0 aliphatic heterocycles. The third-order valence-corrected chi connectivity index (χ3v) is 2.54. The summed E-state index contributed by atoms with van der Waals surface area (Å²) in [6.45, 7) is 3.49. The van der Waals surface area contributed by atoms with Crippen molar-refractivity contribution in [1.82, 2.24) is 5.32 Å². The van der Waals surface area contributed by atoms with E-state index in [4.69, 9.17) is 14.2 Å². The van der Waals surface area contributed by atoms with E-state index in [1.54, 1.807) is 21.3 Å². The number of hydrogen-bond donors (Lipinski definition) is 1. The van der Waals surface area contributed by atoms with Crippen LogP contribution in [-0.4, -0.2) is 34.0 Å². The fourth-order valence-electron chi connectivity index (χ4n) is 1.69. The van der Waals surface area contributed by atoms with E-state index in [-0.39, 0.29) is 0 Å². The fraction of sp³-hybridized carbons (Fsp3) is 0.538. The number of nitrogens with one attached hydrogen (secondary N) is 1. The van der Waals surface area contributed by atoms with Crippen molar-refractivity contribution in [1.29, 1.82) is 0 Å². The summed E-state index contributed by atoms with van der Waals surface area (Å²) in [5, 5.41) is 3.37. The summed E-state index contributed by atoms with van der Waals surface area (Å²) in [5.74, 6) is 1.54. The SMILES string of the molecule is COC[C@@H](C)NCc1cccc(OC)c1OC. The smallest absolute Gasteiger partial charge is 0.165 e. The molecule has 0 saturated carbocycles. The summed E-state index contributed by atoms with van der Waals surface area (Å²) in [4.78, 5) is 0. The summed E-state index contributed by atoms with van der Waals surface area (Å²) in [5.41, 5.74) is 1.08. The lowest BCUT2D eigenvalue weighted by molar-refractivity contribution is 0.171. The van der Waals surface area contributed by atoms with Gasteiger partial charge in [0.15, 0.2) is 11.5 Å². The molecule has 0 aliphatic carbocycles.